The normalized spacial score (nSPS) is 10.6. The minimum Gasteiger partial charge on any atom is -0.166 e. The van der Waals surface area contributed by atoms with Crippen molar-refractivity contribution in [1.82, 2.24) is 0 Å². The molecule has 0 saturated heterocycles. The number of alkyl halides is 3. The standard InChI is InChI=1S/C8H7F3.C8H10/c1-6-2-4-7(5-3-6)8(9,10)11;1-7-5-3-4-6-8(7)2/h2-5H,1H3;3-6H,1-2H3. The van der Waals surface area contributed by atoms with Gasteiger partial charge in [0.15, 0.2) is 0 Å². The molecule has 0 amide bonds. The molecule has 0 spiro atoms. The van der Waals surface area contributed by atoms with Crippen molar-refractivity contribution >= 4 is 0 Å². The Bertz CT molecular complexity index is 489. The van der Waals surface area contributed by atoms with Gasteiger partial charge in [0, 0.05) is 0 Å². The van der Waals surface area contributed by atoms with Gasteiger partial charge in [-0.15, -0.1) is 0 Å². The molecule has 2 rings (SSSR count). The average molecular weight is 266 g/mol. The van der Waals surface area contributed by atoms with Crippen molar-refractivity contribution in [3.05, 3.63) is 70.8 Å². The summed E-state index contributed by atoms with van der Waals surface area (Å²) in [5, 5.41) is 0. The molecule has 0 heterocycles. The Morgan fingerprint density at radius 3 is 1.42 bits per heavy atom. The first-order valence-corrected chi connectivity index (χ1v) is 5.97. The number of hydrogen-bond acceptors (Lipinski definition) is 0. The maximum Gasteiger partial charge on any atom is 0.416 e. The Hall–Kier alpha value is -1.77. The van der Waals surface area contributed by atoms with Crippen molar-refractivity contribution in [2.24, 2.45) is 0 Å². The van der Waals surface area contributed by atoms with Crippen LogP contribution in [0.5, 0.6) is 0 Å². The van der Waals surface area contributed by atoms with Gasteiger partial charge < -0.3 is 0 Å². The molecule has 3 heteroatoms. The minimum atomic E-state index is -4.21. The summed E-state index contributed by atoms with van der Waals surface area (Å²) >= 11 is 0. The molecule has 0 aromatic heterocycles. The second-order valence-corrected chi connectivity index (χ2v) is 4.45. The summed E-state index contributed by atoms with van der Waals surface area (Å²) in [7, 11) is 0. The van der Waals surface area contributed by atoms with E-state index < -0.39 is 11.7 Å². The minimum absolute atomic E-state index is 0.594. The van der Waals surface area contributed by atoms with E-state index in [-0.39, 0.29) is 0 Å². The Kier molecular flexibility index (Phi) is 5.16. The van der Waals surface area contributed by atoms with E-state index in [0.29, 0.717) is 0 Å². The van der Waals surface area contributed by atoms with Crippen LogP contribution in [0.1, 0.15) is 22.3 Å². The molecule has 0 nitrogen and oxygen atoms in total. The number of hydrogen-bond donors (Lipinski definition) is 0. The second-order valence-electron chi connectivity index (χ2n) is 4.45. The van der Waals surface area contributed by atoms with Crippen LogP contribution in [0.3, 0.4) is 0 Å². The molecule has 19 heavy (non-hydrogen) atoms. The Labute approximate surface area is 111 Å². The summed E-state index contributed by atoms with van der Waals surface area (Å²) in [4.78, 5) is 0. The summed E-state index contributed by atoms with van der Waals surface area (Å²) in [5.41, 5.74) is 2.97. The third-order valence-electron chi connectivity index (χ3n) is 2.80. The fourth-order valence-corrected chi connectivity index (χ4v) is 1.41. The van der Waals surface area contributed by atoms with Gasteiger partial charge in [-0.1, -0.05) is 42.0 Å². The fourth-order valence-electron chi connectivity index (χ4n) is 1.41. The zero-order valence-electron chi connectivity index (χ0n) is 11.3. The lowest BCUT2D eigenvalue weighted by Crippen LogP contribution is -2.03. The van der Waals surface area contributed by atoms with Crippen LogP contribution in [0.15, 0.2) is 48.5 Å². The van der Waals surface area contributed by atoms with Crippen molar-refractivity contribution in [1.29, 1.82) is 0 Å². The zero-order valence-corrected chi connectivity index (χ0v) is 11.3. The number of halogens is 3. The Balaban J connectivity index is 0.000000200. The van der Waals surface area contributed by atoms with Crippen molar-refractivity contribution in [3.8, 4) is 0 Å². The summed E-state index contributed by atoms with van der Waals surface area (Å²) in [5.74, 6) is 0. The van der Waals surface area contributed by atoms with Gasteiger partial charge in [0.1, 0.15) is 0 Å². The van der Waals surface area contributed by atoms with E-state index >= 15 is 0 Å². The number of benzene rings is 2. The molecule has 0 unspecified atom stereocenters. The smallest absolute Gasteiger partial charge is 0.166 e. The molecular formula is C16H17F3. The first-order valence-electron chi connectivity index (χ1n) is 5.97. The highest BCUT2D eigenvalue weighted by molar-refractivity contribution is 5.24. The molecule has 0 saturated carbocycles. The van der Waals surface area contributed by atoms with E-state index in [1.165, 1.54) is 23.3 Å². The van der Waals surface area contributed by atoms with E-state index in [9.17, 15) is 13.2 Å². The molecular weight excluding hydrogens is 249 g/mol. The number of rotatable bonds is 0. The van der Waals surface area contributed by atoms with E-state index in [4.69, 9.17) is 0 Å². The molecule has 2 aromatic rings. The molecule has 2 aromatic carbocycles. The monoisotopic (exact) mass is 266 g/mol. The molecule has 0 N–H and O–H groups in total. The first kappa shape index (κ1) is 15.3. The quantitative estimate of drug-likeness (QED) is 0.605. The maximum absolute atomic E-state index is 11.9. The third kappa shape index (κ3) is 5.16. The highest BCUT2D eigenvalue weighted by atomic mass is 19.4. The summed E-state index contributed by atoms with van der Waals surface area (Å²) in [6.45, 7) is 5.99. The molecule has 0 aliphatic rings. The van der Waals surface area contributed by atoms with Crippen molar-refractivity contribution in [2.45, 2.75) is 26.9 Å². The average Bonchev–Trinajstić information content (AvgIpc) is 2.33. The van der Waals surface area contributed by atoms with Gasteiger partial charge in [0.2, 0.25) is 0 Å². The zero-order chi connectivity index (χ0) is 14.5. The van der Waals surface area contributed by atoms with Gasteiger partial charge in [-0.25, -0.2) is 0 Å². The first-order chi connectivity index (χ1) is 8.80. The SMILES string of the molecule is Cc1ccc(C(F)(F)F)cc1.Cc1ccccc1C. The fraction of sp³-hybridized carbons (Fsp3) is 0.250. The van der Waals surface area contributed by atoms with Crippen LogP contribution in [-0.2, 0) is 6.18 Å². The molecule has 0 aliphatic carbocycles. The van der Waals surface area contributed by atoms with Crippen LogP contribution in [0.25, 0.3) is 0 Å². The Morgan fingerprint density at radius 2 is 1.11 bits per heavy atom. The van der Waals surface area contributed by atoms with E-state index in [0.717, 1.165) is 17.7 Å². The molecule has 0 radical (unpaired) electrons. The topological polar surface area (TPSA) is 0 Å². The van der Waals surface area contributed by atoms with Crippen molar-refractivity contribution < 1.29 is 13.2 Å². The maximum atomic E-state index is 11.9. The van der Waals surface area contributed by atoms with Gasteiger partial charge >= 0.3 is 6.18 Å². The number of aryl methyl sites for hydroxylation is 3. The third-order valence-corrected chi connectivity index (χ3v) is 2.80. The van der Waals surface area contributed by atoms with Crippen LogP contribution < -0.4 is 0 Å². The molecule has 0 bridgehead atoms. The van der Waals surface area contributed by atoms with Crippen LogP contribution in [0.4, 0.5) is 13.2 Å². The van der Waals surface area contributed by atoms with Crippen molar-refractivity contribution in [3.63, 3.8) is 0 Å². The van der Waals surface area contributed by atoms with Crippen LogP contribution in [0, 0.1) is 20.8 Å². The predicted octanol–water partition coefficient (Wildman–Crippen LogP) is 5.32. The van der Waals surface area contributed by atoms with Gasteiger partial charge in [0.25, 0.3) is 0 Å². The lowest BCUT2D eigenvalue weighted by atomic mass is 10.1. The Morgan fingerprint density at radius 1 is 0.684 bits per heavy atom. The highest BCUT2D eigenvalue weighted by Gasteiger charge is 2.29. The van der Waals surface area contributed by atoms with Crippen LogP contribution in [0.2, 0.25) is 0 Å². The largest absolute Gasteiger partial charge is 0.416 e. The summed E-state index contributed by atoms with van der Waals surface area (Å²) in [6, 6.07) is 13.4. The van der Waals surface area contributed by atoms with E-state index in [1.54, 1.807) is 6.92 Å². The predicted molar refractivity (Wildman–Crippen MR) is 72.1 cm³/mol. The van der Waals surface area contributed by atoms with Gasteiger partial charge in [-0.05, 0) is 44.0 Å². The molecule has 0 atom stereocenters. The van der Waals surface area contributed by atoms with Gasteiger partial charge in [-0.3, -0.25) is 0 Å². The van der Waals surface area contributed by atoms with Gasteiger partial charge in [-0.2, -0.15) is 13.2 Å². The lowest BCUT2D eigenvalue weighted by molar-refractivity contribution is -0.137. The van der Waals surface area contributed by atoms with E-state index in [2.05, 4.69) is 38.1 Å². The summed E-state index contributed by atoms with van der Waals surface area (Å²) < 4.78 is 35.8. The molecule has 0 aliphatic heterocycles. The highest BCUT2D eigenvalue weighted by Crippen LogP contribution is 2.28. The second kappa shape index (κ2) is 6.41. The lowest BCUT2D eigenvalue weighted by Gasteiger charge is -2.05. The van der Waals surface area contributed by atoms with Crippen LogP contribution in [-0.4, -0.2) is 0 Å². The molecule has 0 fully saturated rings. The molecule has 102 valence electrons. The van der Waals surface area contributed by atoms with Gasteiger partial charge in [0.05, 0.1) is 5.56 Å². The summed E-state index contributed by atoms with van der Waals surface area (Å²) in [6.07, 6.45) is -4.21. The van der Waals surface area contributed by atoms with Crippen molar-refractivity contribution in [2.75, 3.05) is 0 Å². The van der Waals surface area contributed by atoms with E-state index in [1.807, 2.05) is 0 Å². The van der Waals surface area contributed by atoms with Crippen LogP contribution >= 0.6 is 0 Å².